The van der Waals surface area contributed by atoms with Crippen LogP contribution in [0.5, 0.6) is 0 Å². The standard InChI is InChI=1S/C29H43N9O3/c1-13(2)19-24-30-18(12-36(24)9)27(39)33-20(14(3)4)25-31-23(17(8)37(25)10)29(41)35-21(15(5)6)26-32-22(28(40)34-19)16(7)38(26)11/h12-15,19-21H,1-11H3,(H,33,39)(H,34,40)(H,35,41)/t19-,20-,21-/m0/s1. The third-order valence-corrected chi connectivity index (χ3v) is 8.10. The van der Waals surface area contributed by atoms with Gasteiger partial charge in [-0.1, -0.05) is 41.5 Å². The highest BCUT2D eigenvalue weighted by Gasteiger charge is 2.33. The summed E-state index contributed by atoms with van der Waals surface area (Å²) >= 11 is 0. The highest BCUT2D eigenvalue weighted by Crippen LogP contribution is 2.28. The molecule has 3 aromatic rings. The second kappa shape index (κ2) is 11.1. The maximum absolute atomic E-state index is 13.7. The number of hydrogen-bond donors (Lipinski definition) is 3. The first-order valence-electron chi connectivity index (χ1n) is 14.2. The molecule has 0 spiro atoms. The van der Waals surface area contributed by atoms with E-state index in [0.29, 0.717) is 28.9 Å². The maximum atomic E-state index is 13.7. The summed E-state index contributed by atoms with van der Waals surface area (Å²) in [7, 11) is 5.50. The molecule has 4 heterocycles. The van der Waals surface area contributed by atoms with E-state index in [2.05, 4.69) is 20.9 Å². The fourth-order valence-corrected chi connectivity index (χ4v) is 5.29. The van der Waals surface area contributed by atoms with Crippen LogP contribution in [0.25, 0.3) is 0 Å². The molecule has 12 nitrogen and oxygen atoms in total. The summed E-state index contributed by atoms with van der Waals surface area (Å²) in [4.78, 5) is 55.0. The van der Waals surface area contributed by atoms with Gasteiger partial charge in [-0.15, -0.1) is 0 Å². The summed E-state index contributed by atoms with van der Waals surface area (Å²) < 4.78 is 5.48. The van der Waals surface area contributed by atoms with Crippen molar-refractivity contribution in [2.24, 2.45) is 38.9 Å². The molecule has 3 N–H and O–H groups in total. The zero-order valence-electron chi connectivity index (χ0n) is 25.9. The van der Waals surface area contributed by atoms with Crippen molar-refractivity contribution in [2.45, 2.75) is 73.5 Å². The van der Waals surface area contributed by atoms with Crippen molar-refractivity contribution < 1.29 is 14.4 Å². The predicted octanol–water partition coefficient (Wildman–Crippen LogP) is 3.20. The van der Waals surface area contributed by atoms with Crippen LogP contribution >= 0.6 is 0 Å². The summed E-state index contributed by atoms with van der Waals surface area (Å²) in [5.74, 6) is 0.594. The van der Waals surface area contributed by atoms with Gasteiger partial charge in [-0.2, -0.15) is 0 Å². The molecule has 0 aromatic carbocycles. The monoisotopic (exact) mass is 565 g/mol. The number of aromatic nitrogens is 6. The second-order valence-electron chi connectivity index (χ2n) is 12.1. The van der Waals surface area contributed by atoms with Gasteiger partial charge in [0.2, 0.25) is 0 Å². The molecule has 0 saturated heterocycles. The molecule has 12 heteroatoms. The van der Waals surface area contributed by atoms with Crippen LogP contribution < -0.4 is 16.0 Å². The van der Waals surface area contributed by atoms with E-state index >= 15 is 0 Å². The van der Waals surface area contributed by atoms with Gasteiger partial charge in [0.15, 0.2) is 0 Å². The Bertz CT molecular complexity index is 1490. The molecule has 222 valence electrons. The molecule has 3 amide bonds. The number of amides is 3. The highest BCUT2D eigenvalue weighted by atomic mass is 16.2. The van der Waals surface area contributed by atoms with Crippen molar-refractivity contribution in [3.05, 3.63) is 52.1 Å². The largest absolute Gasteiger partial charge is 0.340 e. The van der Waals surface area contributed by atoms with Gasteiger partial charge in [0, 0.05) is 38.7 Å². The summed E-state index contributed by atoms with van der Waals surface area (Å²) in [5.41, 5.74) is 2.13. The van der Waals surface area contributed by atoms with Crippen LogP contribution in [0.1, 0.15) is 120 Å². The number of carbonyl (C=O) groups excluding carboxylic acids is 3. The van der Waals surface area contributed by atoms with Gasteiger partial charge in [0.1, 0.15) is 34.6 Å². The molecule has 0 radical (unpaired) electrons. The summed E-state index contributed by atoms with van der Waals surface area (Å²) in [6.07, 6.45) is 1.66. The number of rotatable bonds is 3. The smallest absolute Gasteiger partial charge is 0.272 e. The van der Waals surface area contributed by atoms with E-state index in [9.17, 15) is 14.4 Å². The van der Waals surface area contributed by atoms with Crippen LogP contribution in [0.4, 0.5) is 0 Å². The molecule has 4 rings (SSSR count). The number of nitrogens with one attached hydrogen (secondary N) is 3. The van der Waals surface area contributed by atoms with Gasteiger partial charge < -0.3 is 29.7 Å². The number of hydrogen-bond acceptors (Lipinski definition) is 6. The average molecular weight is 566 g/mol. The Morgan fingerprint density at radius 3 is 1.37 bits per heavy atom. The fraction of sp³-hybridized carbons (Fsp3) is 0.586. The second-order valence-corrected chi connectivity index (χ2v) is 12.1. The first kappa shape index (κ1) is 30.0. The first-order chi connectivity index (χ1) is 19.1. The molecule has 0 saturated carbocycles. The van der Waals surface area contributed by atoms with Crippen molar-refractivity contribution in [1.29, 1.82) is 0 Å². The minimum Gasteiger partial charge on any atom is -0.340 e. The topological polar surface area (TPSA) is 141 Å². The summed E-state index contributed by atoms with van der Waals surface area (Å²) in [6.45, 7) is 15.6. The third-order valence-electron chi connectivity index (χ3n) is 8.10. The lowest BCUT2D eigenvalue weighted by Crippen LogP contribution is -2.35. The van der Waals surface area contributed by atoms with Crippen LogP contribution in [0.15, 0.2) is 6.20 Å². The number of imidazole rings is 3. The zero-order chi connectivity index (χ0) is 30.5. The first-order valence-corrected chi connectivity index (χ1v) is 14.2. The van der Waals surface area contributed by atoms with Crippen molar-refractivity contribution in [1.82, 2.24) is 44.6 Å². The molecular formula is C29H43N9O3. The van der Waals surface area contributed by atoms with Gasteiger partial charge in [-0.3, -0.25) is 14.4 Å². The number of aryl methyl sites for hydroxylation is 1. The molecule has 6 bridgehead atoms. The predicted molar refractivity (Wildman–Crippen MR) is 154 cm³/mol. The van der Waals surface area contributed by atoms with E-state index in [1.54, 1.807) is 10.8 Å². The maximum Gasteiger partial charge on any atom is 0.272 e. The SMILES string of the molecule is Cc1c2nc(n1C)[C@H](C(C)C)NC(=O)c1cn(C)c(n1)[C@H](C(C)C)NC(=O)c1nc(n(C)c1C)[C@H](C(C)C)NC2=O. The molecule has 1 aliphatic heterocycles. The molecule has 0 aliphatic carbocycles. The van der Waals surface area contributed by atoms with Crippen LogP contribution in [0.3, 0.4) is 0 Å². The van der Waals surface area contributed by atoms with E-state index in [-0.39, 0.29) is 52.6 Å². The summed E-state index contributed by atoms with van der Waals surface area (Å²) in [5, 5.41) is 9.30. The lowest BCUT2D eigenvalue weighted by Gasteiger charge is -2.22. The van der Waals surface area contributed by atoms with Crippen molar-refractivity contribution in [3.63, 3.8) is 0 Å². The van der Waals surface area contributed by atoms with Crippen molar-refractivity contribution >= 4 is 17.7 Å². The number of fused-ring (bicyclic) bond motifs is 6. The zero-order valence-corrected chi connectivity index (χ0v) is 25.9. The van der Waals surface area contributed by atoms with E-state index in [1.807, 2.05) is 85.7 Å². The molecule has 3 aromatic heterocycles. The van der Waals surface area contributed by atoms with E-state index in [1.165, 1.54) is 0 Å². The Morgan fingerprint density at radius 1 is 0.610 bits per heavy atom. The van der Waals surface area contributed by atoms with E-state index in [4.69, 9.17) is 9.97 Å². The van der Waals surface area contributed by atoms with Crippen molar-refractivity contribution in [3.8, 4) is 0 Å². The molecule has 0 unspecified atom stereocenters. The van der Waals surface area contributed by atoms with Crippen LogP contribution in [0.2, 0.25) is 0 Å². The molecule has 1 aliphatic rings. The van der Waals surface area contributed by atoms with Gasteiger partial charge in [0.25, 0.3) is 17.7 Å². The van der Waals surface area contributed by atoms with Gasteiger partial charge in [-0.05, 0) is 31.6 Å². The Balaban J connectivity index is 1.93. The van der Waals surface area contributed by atoms with Gasteiger partial charge in [-0.25, -0.2) is 15.0 Å². The summed E-state index contributed by atoms with van der Waals surface area (Å²) in [6, 6.07) is -1.42. The van der Waals surface area contributed by atoms with Gasteiger partial charge >= 0.3 is 0 Å². The van der Waals surface area contributed by atoms with E-state index < -0.39 is 18.1 Å². The number of carbonyl (C=O) groups is 3. The third kappa shape index (κ3) is 5.39. The van der Waals surface area contributed by atoms with E-state index in [0.717, 1.165) is 0 Å². The van der Waals surface area contributed by atoms with Crippen LogP contribution in [-0.4, -0.2) is 46.4 Å². The molecule has 41 heavy (non-hydrogen) atoms. The minimum atomic E-state index is -0.477. The quantitative estimate of drug-likeness (QED) is 0.446. The lowest BCUT2D eigenvalue weighted by molar-refractivity contribution is 0.0913. The highest BCUT2D eigenvalue weighted by molar-refractivity contribution is 5.95. The Kier molecular flexibility index (Phi) is 8.15. The molecule has 3 atom stereocenters. The van der Waals surface area contributed by atoms with Crippen LogP contribution in [-0.2, 0) is 21.1 Å². The Morgan fingerprint density at radius 2 is 0.976 bits per heavy atom. The fourth-order valence-electron chi connectivity index (χ4n) is 5.29. The Labute approximate surface area is 241 Å². The molecule has 0 fully saturated rings. The normalized spacial score (nSPS) is 20.2. The Hall–Kier alpha value is -3.96. The lowest BCUT2D eigenvalue weighted by atomic mass is 10.0. The van der Waals surface area contributed by atoms with Crippen molar-refractivity contribution in [2.75, 3.05) is 0 Å². The number of nitrogens with zero attached hydrogens (tertiary/aromatic N) is 6. The minimum absolute atomic E-state index is 0.0230. The van der Waals surface area contributed by atoms with Crippen LogP contribution in [0, 0.1) is 31.6 Å². The molecular weight excluding hydrogens is 522 g/mol. The average Bonchev–Trinajstić information content (AvgIpc) is 3.52. The van der Waals surface area contributed by atoms with Gasteiger partial charge in [0.05, 0.1) is 18.1 Å².